The molecular weight excluding hydrogens is 400 g/mol. The first-order valence-electron chi connectivity index (χ1n) is 9.77. The highest BCUT2D eigenvalue weighted by molar-refractivity contribution is 8.00. The number of benzene rings is 3. The standard InChI is InChI=1S/C24H23ClN2OS/c25-20-10-7-11-21(18-20)26-14-16-27(17-15-26)24(28)23(19-8-3-1-4-9-19)29-22-12-5-2-6-13-22/h1-13,18,23H,14-17H2/t23-/m1/s1. The average Bonchev–Trinajstić information content (AvgIpc) is 2.78. The van der Waals surface area contributed by atoms with Crippen molar-refractivity contribution < 1.29 is 4.79 Å². The molecule has 0 spiro atoms. The van der Waals surface area contributed by atoms with Gasteiger partial charge in [-0.05, 0) is 35.9 Å². The molecule has 3 nitrogen and oxygen atoms in total. The molecule has 1 fully saturated rings. The number of hydrogen-bond donors (Lipinski definition) is 0. The Hall–Kier alpha value is -2.43. The number of piperazine rings is 1. The molecular formula is C24H23ClN2OS. The summed E-state index contributed by atoms with van der Waals surface area (Å²) in [6.45, 7) is 3.04. The number of halogens is 1. The molecule has 5 heteroatoms. The molecule has 1 aliphatic rings. The zero-order valence-corrected chi connectivity index (χ0v) is 17.6. The fraction of sp³-hybridized carbons (Fsp3) is 0.208. The van der Waals surface area contributed by atoms with Crippen LogP contribution < -0.4 is 4.90 Å². The van der Waals surface area contributed by atoms with Crippen LogP contribution in [0.4, 0.5) is 5.69 Å². The van der Waals surface area contributed by atoms with E-state index in [4.69, 9.17) is 11.6 Å². The monoisotopic (exact) mass is 422 g/mol. The van der Waals surface area contributed by atoms with Crippen LogP contribution in [-0.2, 0) is 4.79 Å². The average molecular weight is 423 g/mol. The van der Waals surface area contributed by atoms with Gasteiger partial charge in [0, 0.05) is 41.8 Å². The maximum Gasteiger partial charge on any atom is 0.240 e. The van der Waals surface area contributed by atoms with Crippen molar-refractivity contribution >= 4 is 35.0 Å². The first kappa shape index (κ1) is 19.9. The Morgan fingerprint density at radius 1 is 0.828 bits per heavy atom. The Balaban J connectivity index is 1.48. The molecule has 4 rings (SSSR count). The van der Waals surface area contributed by atoms with Crippen LogP contribution in [0.15, 0.2) is 89.8 Å². The van der Waals surface area contributed by atoms with Gasteiger partial charge in [-0.2, -0.15) is 0 Å². The van der Waals surface area contributed by atoms with Crippen molar-refractivity contribution in [3.63, 3.8) is 0 Å². The fourth-order valence-electron chi connectivity index (χ4n) is 3.55. The molecule has 1 saturated heterocycles. The van der Waals surface area contributed by atoms with E-state index in [1.807, 2.05) is 71.6 Å². The summed E-state index contributed by atoms with van der Waals surface area (Å²) in [6, 6.07) is 28.1. The van der Waals surface area contributed by atoms with Crippen molar-refractivity contribution in [2.75, 3.05) is 31.1 Å². The van der Waals surface area contributed by atoms with Gasteiger partial charge in [0.1, 0.15) is 5.25 Å². The van der Waals surface area contributed by atoms with Gasteiger partial charge in [-0.3, -0.25) is 4.79 Å². The molecule has 1 atom stereocenters. The van der Waals surface area contributed by atoms with Gasteiger partial charge in [0.25, 0.3) is 0 Å². The molecule has 1 heterocycles. The molecule has 0 aromatic heterocycles. The maximum absolute atomic E-state index is 13.5. The number of rotatable bonds is 5. The number of anilines is 1. The van der Waals surface area contributed by atoms with Gasteiger partial charge in [0.2, 0.25) is 5.91 Å². The third kappa shape index (κ3) is 4.95. The van der Waals surface area contributed by atoms with E-state index in [-0.39, 0.29) is 11.2 Å². The van der Waals surface area contributed by atoms with E-state index in [1.54, 1.807) is 11.8 Å². The van der Waals surface area contributed by atoms with E-state index in [9.17, 15) is 4.79 Å². The number of thioether (sulfide) groups is 1. The van der Waals surface area contributed by atoms with Crippen LogP contribution in [0.3, 0.4) is 0 Å². The van der Waals surface area contributed by atoms with Crippen molar-refractivity contribution in [2.24, 2.45) is 0 Å². The lowest BCUT2D eigenvalue weighted by molar-refractivity contribution is -0.131. The third-order valence-electron chi connectivity index (χ3n) is 5.09. The second kappa shape index (κ2) is 9.38. The molecule has 0 bridgehead atoms. The Labute approximate surface area is 181 Å². The highest BCUT2D eigenvalue weighted by Gasteiger charge is 2.29. The quantitative estimate of drug-likeness (QED) is 0.505. The summed E-state index contributed by atoms with van der Waals surface area (Å²) < 4.78 is 0. The minimum atomic E-state index is -0.240. The first-order valence-corrected chi connectivity index (χ1v) is 11.0. The van der Waals surface area contributed by atoms with Crippen molar-refractivity contribution in [2.45, 2.75) is 10.1 Å². The Bertz CT molecular complexity index is 943. The van der Waals surface area contributed by atoms with Crippen molar-refractivity contribution in [3.05, 3.63) is 95.5 Å². The molecule has 148 valence electrons. The number of carbonyl (C=O) groups excluding carboxylic acids is 1. The molecule has 1 aliphatic heterocycles. The number of nitrogens with zero attached hydrogens (tertiary/aromatic N) is 2. The largest absolute Gasteiger partial charge is 0.368 e. The minimum Gasteiger partial charge on any atom is -0.368 e. The number of amides is 1. The maximum atomic E-state index is 13.5. The van der Waals surface area contributed by atoms with Crippen LogP contribution in [-0.4, -0.2) is 37.0 Å². The van der Waals surface area contributed by atoms with E-state index in [1.165, 1.54) is 0 Å². The van der Waals surface area contributed by atoms with Crippen molar-refractivity contribution in [1.29, 1.82) is 0 Å². The van der Waals surface area contributed by atoms with Crippen LogP contribution in [0.5, 0.6) is 0 Å². The third-order valence-corrected chi connectivity index (χ3v) is 6.58. The van der Waals surface area contributed by atoms with Crippen LogP contribution >= 0.6 is 23.4 Å². The summed E-state index contributed by atoms with van der Waals surface area (Å²) in [5, 5.41) is 0.501. The van der Waals surface area contributed by atoms with E-state index >= 15 is 0 Å². The summed E-state index contributed by atoms with van der Waals surface area (Å²) in [4.78, 5) is 18.9. The highest BCUT2D eigenvalue weighted by atomic mass is 35.5. The summed E-state index contributed by atoms with van der Waals surface area (Å²) >= 11 is 7.76. The minimum absolute atomic E-state index is 0.177. The summed E-state index contributed by atoms with van der Waals surface area (Å²) in [5.74, 6) is 0.177. The molecule has 1 amide bonds. The molecule has 0 unspecified atom stereocenters. The molecule has 0 aliphatic carbocycles. The SMILES string of the molecule is O=C([C@H](Sc1ccccc1)c1ccccc1)N1CCN(c2cccc(Cl)c2)CC1. The molecule has 0 saturated carbocycles. The molecule has 3 aromatic rings. The summed E-state index contributed by atoms with van der Waals surface area (Å²) in [5.41, 5.74) is 2.16. The zero-order valence-electron chi connectivity index (χ0n) is 16.1. The fourth-order valence-corrected chi connectivity index (χ4v) is 4.86. The molecule has 29 heavy (non-hydrogen) atoms. The van der Waals surface area contributed by atoms with Gasteiger partial charge >= 0.3 is 0 Å². The van der Waals surface area contributed by atoms with E-state index in [0.717, 1.165) is 34.3 Å². The van der Waals surface area contributed by atoms with Gasteiger partial charge in [0.05, 0.1) is 0 Å². The first-order chi connectivity index (χ1) is 14.2. The van der Waals surface area contributed by atoms with Crippen LogP contribution in [0.2, 0.25) is 5.02 Å². The van der Waals surface area contributed by atoms with E-state index in [0.29, 0.717) is 13.1 Å². The lowest BCUT2D eigenvalue weighted by Gasteiger charge is -2.37. The normalized spacial score (nSPS) is 15.2. The van der Waals surface area contributed by atoms with Crippen LogP contribution in [0.25, 0.3) is 0 Å². The number of carbonyl (C=O) groups is 1. The van der Waals surface area contributed by atoms with Gasteiger partial charge in [-0.15, -0.1) is 11.8 Å². The smallest absolute Gasteiger partial charge is 0.240 e. The lowest BCUT2D eigenvalue weighted by Crippen LogP contribution is -2.49. The second-order valence-electron chi connectivity index (χ2n) is 7.01. The Kier molecular flexibility index (Phi) is 6.43. The van der Waals surface area contributed by atoms with Gasteiger partial charge < -0.3 is 9.80 Å². The van der Waals surface area contributed by atoms with Crippen molar-refractivity contribution in [1.82, 2.24) is 4.90 Å². The summed E-state index contributed by atoms with van der Waals surface area (Å²) in [7, 11) is 0. The second-order valence-corrected chi connectivity index (χ2v) is 8.63. The molecule has 0 radical (unpaired) electrons. The Morgan fingerprint density at radius 3 is 2.14 bits per heavy atom. The van der Waals surface area contributed by atoms with Crippen LogP contribution in [0, 0.1) is 0 Å². The number of hydrogen-bond acceptors (Lipinski definition) is 3. The van der Waals surface area contributed by atoms with Gasteiger partial charge in [-0.25, -0.2) is 0 Å². The predicted molar refractivity (Wildman–Crippen MR) is 122 cm³/mol. The summed E-state index contributed by atoms with van der Waals surface area (Å²) in [6.07, 6.45) is 0. The van der Waals surface area contributed by atoms with E-state index < -0.39 is 0 Å². The predicted octanol–water partition coefficient (Wildman–Crippen LogP) is 5.52. The molecule has 3 aromatic carbocycles. The van der Waals surface area contributed by atoms with Gasteiger partial charge in [-0.1, -0.05) is 66.2 Å². The zero-order chi connectivity index (χ0) is 20.1. The lowest BCUT2D eigenvalue weighted by atomic mass is 10.1. The highest BCUT2D eigenvalue weighted by Crippen LogP contribution is 2.37. The van der Waals surface area contributed by atoms with Gasteiger partial charge in [0.15, 0.2) is 0 Å². The molecule has 0 N–H and O–H groups in total. The van der Waals surface area contributed by atoms with Crippen LogP contribution in [0.1, 0.15) is 10.8 Å². The Morgan fingerprint density at radius 2 is 1.48 bits per heavy atom. The topological polar surface area (TPSA) is 23.6 Å². The van der Waals surface area contributed by atoms with Crippen molar-refractivity contribution in [3.8, 4) is 0 Å². The van der Waals surface area contributed by atoms with E-state index in [2.05, 4.69) is 23.1 Å².